The highest BCUT2D eigenvalue weighted by atomic mass is 32.1. The highest BCUT2D eigenvalue weighted by Gasteiger charge is 2.18. The number of methoxy groups -OCH3 is 1. The van der Waals surface area contributed by atoms with Crippen LogP contribution < -0.4 is 15.4 Å². The van der Waals surface area contributed by atoms with Crippen LogP contribution in [0.5, 0.6) is 5.75 Å². The van der Waals surface area contributed by atoms with E-state index >= 15 is 0 Å². The van der Waals surface area contributed by atoms with Crippen molar-refractivity contribution in [2.45, 2.75) is 38.8 Å². The van der Waals surface area contributed by atoms with Gasteiger partial charge in [-0.1, -0.05) is 17.8 Å². The smallest absolute Gasteiger partial charge is 0.286 e. The molecule has 2 N–H and O–H groups in total. The molecule has 2 heterocycles. The van der Waals surface area contributed by atoms with Crippen LogP contribution in [0.3, 0.4) is 0 Å². The van der Waals surface area contributed by atoms with Crippen LogP contribution in [0.25, 0.3) is 0 Å². The van der Waals surface area contributed by atoms with Crippen molar-refractivity contribution < 1.29 is 19.1 Å². The molecular weight excluding hydrogens is 418 g/mol. The summed E-state index contributed by atoms with van der Waals surface area (Å²) in [7, 11) is 1.58. The Kier molecular flexibility index (Phi) is 8.74. The number of benzene rings is 1. The van der Waals surface area contributed by atoms with Crippen LogP contribution in [0.1, 0.15) is 41.0 Å². The Morgan fingerprint density at radius 2 is 2.03 bits per heavy atom. The van der Waals surface area contributed by atoms with E-state index in [1.807, 2.05) is 0 Å². The molecule has 168 valence electrons. The zero-order valence-electron chi connectivity index (χ0n) is 17.9. The van der Waals surface area contributed by atoms with Crippen LogP contribution in [0.15, 0.2) is 24.3 Å². The average Bonchev–Trinajstić information content (AvgIpc) is 3.25. The number of hydrogen-bond acceptors (Lipinski definition) is 8. The second kappa shape index (κ2) is 11.7. The molecule has 0 saturated carbocycles. The number of piperidine rings is 1. The number of carbonyl (C=O) groups excluding carboxylic acids is 2. The first-order valence-electron chi connectivity index (χ1n) is 10.4. The molecule has 1 saturated heterocycles. The quantitative estimate of drug-likeness (QED) is 0.576. The Balaban J connectivity index is 1.34. The van der Waals surface area contributed by atoms with E-state index in [1.54, 1.807) is 31.4 Å². The standard InChI is InChI=1S/C21H29N5O4S/c1-15-5-3-4-11-26(15)12-10-22-18(27)13-30-14-19-24-25-21(31-19)20(28)23-16-6-8-17(29-2)9-7-16/h6-9,15H,3-5,10-14H2,1-2H3,(H,22,27)(H,23,28). The van der Waals surface area contributed by atoms with Crippen LogP contribution in [0.2, 0.25) is 0 Å². The number of rotatable bonds is 10. The lowest BCUT2D eigenvalue weighted by Crippen LogP contribution is -2.43. The molecule has 0 bridgehead atoms. The number of nitrogens with zero attached hydrogens (tertiary/aromatic N) is 3. The first-order valence-corrected chi connectivity index (χ1v) is 11.2. The maximum absolute atomic E-state index is 12.3. The number of nitrogens with one attached hydrogen (secondary N) is 2. The number of anilines is 1. The van der Waals surface area contributed by atoms with Gasteiger partial charge < -0.3 is 20.1 Å². The second-order valence-electron chi connectivity index (χ2n) is 7.41. The van der Waals surface area contributed by atoms with Gasteiger partial charge in [-0.3, -0.25) is 14.5 Å². The summed E-state index contributed by atoms with van der Waals surface area (Å²) in [5.41, 5.74) is 0.634. The Morgan fingerprint density at radius 1 is 1.23 bits per heavy atom. The fraction of sp³-hybridized carbons (Fsp3) is 0.524. The van der Waals surface area contributed by atoms with Crippen LogP contribution in [-0.2, 0) is 16.1 Å². The zero-order chi connectivity index (χ0) is 22.1. The third-order valence-electron chi connectivity index (χ3n) is 5.13. The molecule has 1 atom stereocenters. The maximum Gasteiger partial charge on any atom is 0.286 e. The minimum Gasteiger partial charge on any atom is -0.497 e. The van der Waals surface area contributed by atoms with Crippen molar-refractivity contribution in [2.24, 2.45) is 0 Å². The molecule has 1 fully saturated rings. The highest BCUT2D eigenvalue weighted by Crippen LogP contribution is 2.18. The minimum absolute atomic E-state index is 0.0531. The predicted octanol–water partition coefficient (Wildman–Crippen LogP) is 2.31. The van der Waals surface area contributed by atoms with Gasteiger partial charge in [0.15, 0.2) is 0 Å². The molecule has 10 heteroatoms. The van der Waals surface area contributed by atoms with Crippen molar-refractivity contribution >= 4 is 28.8 Å². The van der Waals surface area contributed by atoms with Gasteiger partial charge in [0.1, 0.15) is 24.0 Å². The molecule has 1 aliphatic heterocycles. The first kappa shape index (κ1) is 23.1. The second-order valence-corrected chi connectivity index (χ2v) is 8.47. The molecule has 1 aliphatic rings. The molecule has 2 amide bonds. The zero-order valence-corrected chi connectivity index (χ0v) is 18.7. The average molecular weight is 448 g/mol. The number of likely N-dealkylation sites (tertiary alicyclic amines) is 1. The van der Waals surface area contributed by atoms with Crippen LogP contribution >= 0.6 is 11.3 Å². The van der Waals surface area contributed by atoms with Crippen LogP contribution in [0, 0.1) is 0 Å². The molecular formula is C21H29N5O4S. The van der Waals surface area contributed by atoms with E-state index in [0.717, 1.165) is 24.4 Å². The molecule has 0 radical (unpaired) electrons. The first-order chi connectivity index (χ1) is 15.0. The lowest BCUT2D eigenvalue weighted by atomic mass is 10.0. The van der Waals surface area contributed by atoms with Gasteiger partial charge in [-0.15, -0.1) is 10.2 Å². The molecule has 0 spiro atoms. The van der Waals surface area contributed by atoms with Crippen LogP contribution in [-0.4, -0.2) is 66.3 Å². The number of amides is 2. The Bertz CT molecular complexity index is 858. The molecule has 1 aromatic carbocycles. The number of carbonyl (C=O) groups is 2. The van der Waals surface area contributed by atoms with E-state index in [2.05, 4.69) is 32.7 Å². The topological polar surface area (TPSA) is 106 Å². The van der Waals surface area contributed by atoms with Crippen molar-refractivity contribution in [3.63, 3.8) is 0 Å². The van der Waals surface area contributed by atoms with E-state index in [1.165, 1.54) is 19.3 Å². The lowest BCUT2D eigenvalue weighted by molar-refractivity contribution is -0.126. The summed E-state index contributed by atoms with van der Waals surface area (Å²) in [4.78, 5) is 26.7. The van der Waals surface area contributed by atoms with E-state index in [9.17, 15) is 9.59 Å². The van der Waals surface area contributed by atoms with E-state index in [-0.39, 0.29) is 30.0 Å². The SMILES string of the molecule is COc1ccc(NC(=O)c2nnc(COCC(=O)NCCN3CCCCC3C)s2)cc1. The molecule has 31 heavy (non-hydrogen) atoms. The molecule has 0 aliphatic carbocycles. The third-order valence-corrected chi connectivity index (χ3v) is 6.02. The summed E-state index contributed by atoms with van der Waals surface area (Å²) in [5, 5.41) is 14.3. The van der Waals surface area contributed by atoms with Gasteiger partial charge in [0, 0.05) is 24.8 Å². The summed E-state index contributed by atoms with van der Waals surface area (Å²) in [6.07, 6.45) is 3.73. The monoisotopic (exact) mass is 447 g/mol. The Morgan fingerprint density at radius 3 is 2.77 bits per heavy atom. The summed E-state index contributed by atoms with van der Waals surface area (Å²) in [6.45, 7) is 4.88. The largest absolute Gasteiger partial charge is 0.497 e. The fourth-order valence-corrected chi connectivity index (χ4v) is 4.05. The summed E-state index contributed by atoms with van der Waals surface area (Å²) < 4.78 is 10.5. The van der Waals surface area contributed by atoms with Gasteiger partial charge in [0.2, 0.25) is 10.9 Å². The van der Waals surface area contributed by atoms with Crippen LogP contribution in [0.4, 0.5) is 5.69 Å². The normalized spacial score (nSPS) is 16.6. The van der Waals surface area contributed by atoms with E-state index < -0.39 is 0 Å². The van der Waals surface area contributed by atoms with Gasteiger partial charge in [-0.05, 0) is 50.6 Å². The number of ether oxygens (including phenoxy) is 2. The van der Waals surface area contributed by atoms with Gasteiger partial charge in [-0.25, -0.2) is 0 Å². The molecule has 1 unspecified atom stereocenters. The van der Waals surface area contributed by atoms with E-state index in [0.29, 0.717) is 29.0 Å². The van der Waals surface area contributed by atoms with Gasteiger partial charge in [-0.2, -0.15) is 0 Å². The minimum atomic E-state index is -0.349. The summed E-state index contributed by atoms with van der Waals surface area (Å²) in [5.74, 6) is 0.198. The number of aromatic nitrogens is 2. The van der Waals surface area contributed by atoms with Crippen molar-refractivity contribution in [2.75, 3.05) is 38.7 Å². The summed E-state index contributed by atoms with van der Waals surface area (Å²) in [6, 6.07) is 7.58. The predicted molar refractivity (Wildman–Crippen MR) is 118 cm³/mol. The number of hydrogen-bond donors (Lipinski definition) is 2. The van der Waals surface area contributed by atoms with Crippen molar-refractivity contribution in [3.05, 3.63) is 34.3 Å². The van der Waals surface area contributed by atoms with Gasteiger partial charge >= 0.3 is 0 Å². The van der Waals surface area contributed by atoms with Crippen molar-refractivity contribution in [1.29, 1.82) is 0 Å². The van der Waals surface area contributed by atoms with Gasteiger partial charge in [0.25, 0.3) is 5.91 Å². The lowest BCUT2D eigenvalue weighted by Gasteiger charge is -2.33. The fourth-order valence-electron chi connectivity index (χ4n) is 3.37. The molecule has 3 rings (SSSR count). The molecule has 1 aromatic heterocycles. The Labute approximate surface area is 186 Å². The van der Waals surface area contributed by atoms with Crippen molar-refractivity contribution in [1.82, 2.24) is 20.4 Å². The third kappa shape index (κ3) is 7.27. The summed E-state index contributed by atoms with van der Waals surface area (Å²) >= 11 is 1.13. The van der Waals surface area contributed by atoms with Gasteiger partial charge in [0.05, 0.1) is 7.11 Å². The highest BCUT2D eigenvalue weighted by molar-refractivity contribution is 7.13. The van der Waals surface area contributed by atoms with E-state index in [4.69, 9.17) is 9.47 Å². The molecule has 2 aromatic rings. The molecule has 9 nitrogen and oxygen atoms in total. The van der Waals surface area contributed by atoms with Crippen molar-refractivity contribution in [3.8, 4) is 5.75 Å². The maximum atomic E-state index is 12.3. The Hall–Kier alpha value is -2.56.